The van der Waals surface area contributed by atoms with Gasteiger partial charge in [0.1, 0.15) is 30.3 Å². The van der Waals surface area contributed by atoms with Crippen LogP contribution in [0.4, 0.5) is 17.6 Å². The number of halogens is 4. The molecule has 0 bridgehead atoms. The van der Waals surface area contributed by atoms with Gasteiger partial charge in [-0.2, -0.15) is 18.3 Å². The Morgan fingerprint density at radius 1 is 1.03 bits per heavy atom. The molecule has 9 nitrogen and oxygen atoms in total. The van der Waals surface area contributed by atoms with E-state index in [0.29, 0.717) is 38.2 Å². The van der Waals surface area contributed by atoms with Crippen LogP contribution in [0.3, 0.4) is 0 Å². The number of nitrogens with zero attached hydrogens (tertiary/aromatic N) is 4. The van der Waals surface area contributed by atoms with Gasteiger partial charge < -0.3 is 24.0 Å². The third kappa shape index (κ3) is 6.52. The van der Waals surface area contributed by atoms with Crippen LogP contribution in [0, 0.1) is 5.82 Å². The zero-order valence-corrected chi connectivity index (χ0v) is 19.4. The maximum atomic E-state index is 13.3. The van der Waals surface area contributed by atoms with E-state index in [9.17, 15) is 27.2 Å². The SMILES string of the molecule is O=C(C[C@]1(COc2ccc(F)cc2)CN(C(=O)Cn2cc(C(F)(F)F)cn2)CCO1)N1CCOCC1. The van der Waals surface area contributed by atoms with Crippen molar-refractivity contribution < 1.29 is 41.4 Å². The second-order valence-corrected chi connectivity index (χ2v) is 8.68. The van der Waals surface area contributed by atoms with Gasteiger partial charge in [0.05, 0.1) is 44.5 Å². The van der Waals surface area contributed by atoms with Crippen molar-refractivity contribution in [1.29, 1.82) is 0 Å². The lowest BCUT2D eigenvalue weighted by atomic mass is 9.96. The minimum atomic E-state index is -4.56. The summed E-state index contributed by atoms with van der Waals surface area (Å²) in [6.07, 6.45) is -3.22. The van der Waals surface area contributed by atoms with E-state index in [1.807, 2.05) is 0 Å². The molecule has 2 aromatic rings. The second kappa shape index (κ2) is 10.8. The highest BCUT2D eigenvalue weighted by molar-refractivity contribution is 5.78. The number of morpholine rings is 2. The molecule has 0 spiro atoms. The van der Waals surface area contributed by atoms with Crippen LogP contribution in [-0.2, 0) is 31.8 Å². The summed E-state index contributed by atoms with van der Waals surface area (Å²) in [5, 5.41) is 3.64. The molecule has 36 heavy (non-hydrogen) atoms. The van der Waals surface area contributed by atoms with E-state index in [1.54, 1.807) is 4.90 Å². The average molecular weight is 514 g/mol. The zero-order valence-electron chi connectivity index (χ0n) is 19.4. The standard InChI is InChI=1S/C23H26F4N4O5/c24-18-1-3-19(4-2-18)35-16-22(11-20(32)29-5-8-34-9-6-29)15-30(7-10-36-22)21(33)14-31-13-17(12-28-31)23(25,26)27/h1-4,12-13H,5-11,14-16H2/t22-/m1/s1. The van der Waals surface area contributed by atoms with Crippen molar-refractivity contribution in [3.8, 4) is 5.75 Å². The monoisotopic (exact) mass is 514 g/mol. The minimum Gasteiger partial charge on any atom is -0.490 e. The molecule has 0 aliphatic carbocycles. The van der Waals surface area contributed by atoms with E-state index in [2.05, 4.69) is 5.10 Å². The summed E-state index contributed by atoms with van der Waals surface area (Å²) in [4.78, 5) is 29.1. The Balaban J connectivity index is 1.47. The molecule has 2 amide bonds. The Kier molecular flexibility index (Phi) is 7.79. The number of carbonyl (C=O) groups excluding carboxylic acids is 2. The van der Waals surface area contributed by atoms with Gasteiger partial charge in [-0.1, -0.05) is 0 Å². The van der Waals surface area contributed by atoms with Gasteiger partial charge in [0.2, 0.25) is 11.8 Å². The van der Waals surface area contributed by atoms with Gasteiger partial charge in [-0.15, -0.1) is 0 Å². The molecule has 2 aliphatic rings. The third-order valence-electron chi connectivity index (χ3n) is 6.01. The molecule has 0 N–H and O–H groups in total. The first-order valence-corrected chi connectivity index (χ1v) is 11.4. The molecule has 1 aromatic heterocycles. The Morgan fingerprint density at radius 2 is 1.72 bits per heavy atom. The van der Waals surface area contributed by atoms with Gasteiger partial charge in [0, 0.05) is 25.8 Å². The van der Waals surface area contributed by atoms with Crippen molar-refractivity contribution in [3.05, 3.63) is 48.0 Å². The first kappa shape index (κ1) is 25.9. The lowest BCUT2D eigenvalue weighted by molar-refractivity contribution is -0.167. The highest BCUT2D eigenvalue weighted by Gasteiger charge is 2.42. The molecule has 13 heteroatoms. The van der Waals surface area contributed by atoms with E-state index < -0.39 is 35.6 Å². The molecular weight excluding hydrogens is 488 g/mol. The topological polar surface area (TPSA) is 86.1 Å². The van der Waals surface area contributed by atoms with Gasteiger partial charge >= 0.3 is 6.18 Å². The Morgan fingerprint density at radius 3 is 2.39 bits per heavy atom. The fourth-order valence-electron chi connectivity index (χ4n) is 4.08. The molecule has 1 atom stereocenters. The summed E-state index contributed by atoms with van der Waals surface area (Å²) in [6.45, 7) is 1.46. The van der Waals surface area contributed by atoms with Crippen LogP contribution in [-0.4, -0.2) is 89.6 Å². The number of carbonyl (C=O) groups is 2. The molecule has 2 saturated heterocycles. The van der Waals surface area contributed by atoms with Gasteiger partial charge in [0.25, 0.3) is 0 Å². The lowest BCUT2D eigenvalue weighted by Crippen LogP contribution is -2.59. The molecular formula is C23H26F4N4O5. The van der Waals surface area contributed by atoms with Crippen LogP contribution >= 0.6 is 0 Å². The third-order valence-corrected chi connectivity index (χ3v) is 6.01. The Labute approximate surface area is 204 Å². The lowest BCUT2D eigenvalue weighted by Gasteiger charge is -2.43. The van der Waals surface area contributed by atoms with E-state index in [-0.39, 0.29) is 38.6 Å². The number of aromatic nitrogens is 2. The number of benzene rings is 1. The molecule has 4 rings (SSSR count). The number of ether oxygens (including phenoxy) is 3. The van der Waals surface area contributed by atoms with Crippen LogP contribution in [0.15, 0.2) is 36.7 Å². The van der Waals surface area contributed by atoms with Crippen molar-refractivity contribution in [2.45, 2.75) is 24.7 Å². The highest BCUT2D eigenvalue weighted by Crippen LogP contribution is 2.29. The molecule has 0 saturated carbocycles. The van der Waals surface area contributed by atoms with Crippen molar-refractivity contribution in [1.82, 2.24) is 19.6 Å². The summed E-state index contributed by atoms with van der Waals surface area (Å²) in [6, 6.07) is 5.35. The van der Waals surface area contributed by atoms with Crippen molar-refractivity contribution in [2.24, 2.45) is 0 Å². The van der Waals surface area contributed by atoms with Gasteiger partial charge in [0.15, 0.2) is 0 Å². The normalized spacial score (nSPS) is 20.9. The summed E-state index contributed by atoms with van der Waals surface area (Å²) < 4.78 is 69.9. The van der Waals surface area contributed by atoms with Crippen LogP contribution in [0.1, 0.15) is 12.0 Å². The highest BCUT2D eigenvalue weighted by atomic mass is 19.4. The van der Waals surface area contributed by atoms with E-state index in [4.69, 9.17) is 14.2 Å². The molecule has 0 radical (unpaired) electrons. The van der Waals surface area contributed by atoms with E-state index >= 15 is 0 Å². The summed E-state index contributed by atoms with van der Waals surface area (Å²) in [5.74, 6) is -0.743. The Hall–Kier alpha value is -3.19. The predicted octanol–water partition coefficient (Wildman–Crippen LogP) is 1.97. The fraction of sp³-hybridized carbons (Fsp3) is 0.522. The van der Waals surface area contributed by atoms with E-state index in [1.165, 1.54) is 29.2 Å². The van der Waals surface area contributed by atoms with Crippen LogP contribution in [0.5, 0.6) is 5.75 Å². The quantitative estimate of drug-likeness (QED) is 0.526. The van der Waals surface area contributed by atoms with Crippen molar-refractivity contribution in [3.63, 3.8) is 0 Å². The van der Waals surface area contributed by atoms with Crippen LogP contribution in [0.25, 0.3) is 0 Å². The zero-order chi connectivity index (χ0) is 25.8. The molecule has 3 heterocycles. The van der Waals surface area contributed by atoms with Crippen LogP contribution in [0.2, 0.25) is 0 Å². The average Bonchev–Trinajstić information content (AvgIpc) is 3.34. The van der Waals surface area contributed by atoms with Gasteiger partial charge in [-0.05, 0) is 24.3 Å². The van der Waals surface area contributed by atoms with Crippen molar-refractivity contribution >= 4 is 11.8 Å². The molecule has 2 fully saturated rings. The minimum absolute atomic E-state index is 0.0174. The first-order valence-electron chi connectivity index (χ1n) is 11.4. The summed E-state index contributed by atoms with van der Waals surface area (Å²) in [5.41, 5.74) is -2.16. The maximum Gasteiger partial charge on any atom is 0.419 e. The second-order valence-electron chi connectivity index (χ2n) is 8.68. The Bertz CT molecular complexity index is 1060. The molecule has 2 aliphatic heterocycles. The smallest absolute Gasteiger partial charge is 0.419 e. The predicted molar refractivity (Wildman–Crippen MR) is 116 cm³/mol. The largest absolute Gasteiger partial charge is 0.490 e. The number of rotatable bonds is 7. The number of amides is 2. The van der Waals surface area contributed by atoms with E-state index in [0.717, 1.165) is 10.9 Å². The first-order chi connectivity index (χ1) is 17.1. The van der Waals surface area contributed by atoms with Crippen molar-refractivity contribution in [2.75, 3.05) is 52.6 Å². The number of hydrogen-bond donors (Lipinski definition) is 0. The van der Waals surface area contributed by atoms with Gasteiger partial charge in [-0.3, -0.25) is 14.3 Å². The molecule has 196 valence electrons. The number of alkyl halides is 3. The molecule has 1 aromatic carbocycles. The maximum absolute atomic E-state index is 13.3. The number of hydrogen-bond acceptors (Lipinski definition) is 6. The summed E-state index contributed by atoms with van der Waals surface area (Å²) in [7, 11) is 0. The van der Waals surface area contributed by atoms with Crippen LogP contribution < -0.4 is 4.74 Å². The summed E-state index contributed by atoms with van der Waals surface area (Å²) >= 11 is 0. The molecule has 0 unspecified atom stereocenters. The van der Waals surface area contributed by atoms with Gasteiger partial charge in [-0.25, -0.2) is 4.39 Å². The fourth-order valence-corrected chi connectivity index (χ4v) is 4.08.